The number of para-hydroxylation sites is 1. The average Bonchev–Trinajstić information content (AvgIpc) is 2.73. The van der Waals surface area contributed by atoms with Crippen molar-refractivity contribution in [2.24, 2.45) is 0 Å². The Labute approximate surface area is 176 Å². The third kappa shape index (κ3) is 4.64. The van der Waals surface area contributed by atoms with Crippen molar-refractivity contribution in [3.63, 3.8) is 0 Å². The summed E-state index contributed by atoms with van der Waals surface area (Å²) >= 11 is 3.27. The van der Waals surface area contributed by atoms with Gasteiger partial charge in [-0.3, -0.25) is 35.9 Å². The quantitative estimate of drug-likeness (QED) is 0.384. The van der Waals surface area contributed by atoms with E-state index in [2.05, 4.69) is 36.7 Å². The molecule has 2 aromatic carbocycles. The molecule has 0 atom stereocenters. The molecule has 0 unspecified atom stereocenters. The summed E-state index contributed by atoms with van der Waals surface area (Å²) < 4.78 is 6.24. The molecule has 0 aliphatic carbocycles. The Morgan fingerprint density at radius 2 is 1.70 bits per heavy atom. The first-order valence-electron chi connectivity index (χ1n) is 8.09. The van der Waals surface area contributed by atoms with Crippen LogP contribution in [0.2, 0.25) is 0 Å². The van der Waals surface area contributed by atoms with Crippen LogP contribution in [0.5, 0.6) is 11.6 Å². The lowest BCUT2D eigenvalue weighted by Gasteiger charge is -2.10. The van der Waals surface area contributed by atoms with Crippen molar-refractivity contribution in [1.29, 1.82) is 0 Å². The van der Waals surface area contributed by atoms with Gasteiger partial charge < -0.3 is 4.74 Å². The number of carbonyl (C=O) groups is 1. The second-order valence-electron chi connectivity index (χ2n) is 5.54. The van der Waals surface area contributed by atoms with Crippen molar-refractivity contribution >= 4 is 39.0 Å². The number of nitrogens with zero attached hydrogens (tertiary/aromatic N) is 4. The summed E-state index contributed by atoms with van der Waals surface area (Å²) in [7, 11) is 0. The maximum atomic E-state index is 12.3. The van der Waals surface area contributed by atoms with Gasteiger partial charge in [-0.15, -0.1) is 0 Å². The molecule has 13 heteroatoms. The molecule has 0 aliphatic heterocycles. The van der Waals surface area contributed by atoms with Gasteiger partial charge in [0.05, 0.1) is 9.85 Å². The second-order valence-corrected chi connectivity index (χ2v) is 6.46. The minimum absolute atomic E-state index is 0.238. The van der Waals surface area contributed by atoms with E-state index in [0.29, 0.717) is 0 Å². The van der Waals surface area contributed by atoms with E-state index in [1.807, 2.05) is 0 Å². The summed E-state index contributed by atoms with van der Waals surface area (Å²) in [6, 6.07) is 11.7. The maximum absolute atomic E-state index is 12.3. The number of rotatable bonds is 7. The molecular weight excluding hydrogens is 464 g/mol. The number of hydrazine groups is 1. The Hall–Kier alpha value is -4.13. The Morgan fingerprint density at radius 3 is 2.37 bits per heavy atom. The number of aromatic nitrogens is 2. The molecule has 0 bridgehead atoms. The number of carbonyl (C=O) groups excluding carboxylic acids is 1. The van der Waals surface area contributed by atoms with Crippen molar-refractivity contribution in [2.45, 2.75) is 0 Å². The minimum Gasteiger partial charge on any atom is -0.434 e. The molecule has 1 heterocycles. The standard InChI is InChI=1S/C17H11BrN6O6/c18-10-5-7-11(8-6-10)30-17-14(24(28)29)15(19-9-20-17)21-22-16(25)12-3-1-2-4-13(12)23(26)27/h1-9H,(H,22,25)(H,19,20,21). The number of hydrogen-bond acceptors (Lipinski definition) is 9. The maximum Gasteiger partial charge on any atom is 0.374 e. The molecule has 0 saturated heterocycles. The fourth-order valence-corrected chi connectivity index (χ4v) is 2.58. The summed E-state index contributed by atoms with van der Waals surface area (Å²) in [5.41, 5.74) is 3.15. The van der Waals surface area contributed by atoms with E-state index in [0.717, 1.165) is 16.9 Å². The lowest BCUT2D eigenvalue weighted by molar-refractivity contribution is -0.385. The first kappa shape index (κ1) is 20.6. The largest absolute Gasteiger partial charge is 0.434 e. The van der Waals surface area contributed by atoms with Crippen LogP contribution in [0.1, 0.15) is 10.4 Å². The van der Waals surface area contributed by atoms with E-state index >= 15 is 0 Å². The van der Waals surface area contributed by atoms with E-state index in [9.17, 15) is 25.0 Å². The van der Waals surface area contributed by atoms with Crippen LogP contribution in [0.25, 0.3) is 0 Å². The number of hydrogen-bond donors (Lipinski definition) is 2. The van der Waals surface area contributed by atoms with Crippen LogP contribution in [0, 0.1) is 20.2 Å². The normalized spacial score (nSPS) is 10.2. The fourth-order valence-electron chi connectivity index (χ4n) is 2.32. The van der Waals surface area contributed by atoms with Crippen LogP contribution >= 0.6 is 15.9 Å². The summed E-state index contributed by atoms with van der Waals surface area (Å²) in [5.74, 6) is -1.32. The number of nitrogens with one attached hydrogen (secondary N) is 2. The molecule has 30 heavy (non-hydrogen) atoms. The number of nitro benzene ring substituents is 1. The topological polar surface area (TPSA) is 162 Å². The molecular formula is C17H11BrN6O6. The van der Waals surface area contributed by atoms with Gasteiger partial charge in [0.15, 0.2) is 0 Å². The molecule has 0 fully saturated rings. The third-order valence-corrected chi connectivity index (χ3v) is 4.17. The number of halogens is 1. The lowest BCUT2D eigenvalue weighted by atomic mass is 10.2. The number of ether oxygens (including phenoxy) is 1. The highest BCUT2D eigenvalue weighted by Crippen LogP contribution is 2.34. The van der Waals surface area contributed by atoms with Crippen LogP contribution < -0.4 is 15.6 Å². The fraction of sp³-hybridized carbons (Fsp3) is 0. The number of anilines is 1. The molecule has 152 valence electrons. The summed E-state index contributed by atoms with van der Waals surface area (Å²) in [6.07, 6.45) is 1.00. The number of benzene rings is 2. The molecule has 3 aromatic rings. The zero-order chi connectivity index (χ0) is 21.7. The van der Waals surface area contributed by atoms with Gasteiger partial charge in [-0.25, -0.2) is 4.98 Å². The molecule has 2 N–H and O–H groups in total. The van der Waals surface area contributed by atoms with Crippen LogP contribution in [-0.4, -0.2) is 25.7 Å². The second kappa shape index (κ2) is 8.91. The Bertz CT molecular complexity index is 1120. The highest BCUT2D eigenvalue weighted by Gasteiger charge is 2.26. The van der Waals surface area contributed by atoms with E-state index in [4.69, 9.17) is 4.74 Å². The molecule has 3 rings (SSSR count). The van der Waals surface area contributed by atoms with E-state index in [1.165, 1.54) is 18.2 Å². The van der Waals surface area contributed by atoms with Crippen molar-refractivity contribution in [1.82, 2.24) is 15.4 Å². The Balaban J connectivity index is 1.84. The van der Waals surface area contributed by atoms with Crippen molar-refractivity contribution in [3.05, 3.63) is 85.1 Å². The van der Waals surface area contributed by atoms with Gasteiger partial charge in [0.1, 0.15) is 17.6 Å². The highest BCUT2D eigenvalue weighted by molar-refractivity contribution is 9.10. The number of nitro groups is 2. The molecule has 1 amide bonds. The average molecular weight is 475 g/mol. The monoisotopic (exact) mass is 474 g/mol. The van der Waals surface area contributed by atoms with Crippen molar-refractivity contribution < 1.29 is 19.4 Å². The Kier molecular flexibility index (Phi) is 6.12. The van der Waals surface area contributed by atoms with Crippen molar-refractivity contribution in [2.75, 3.05) is 5.43 Å². The minimum atomic E-state index is -0.884. The summed E-state index contributed by atoms with van der Waals surface area (Å²) in [6.45, 7) is 0. The van der Waals surface area contributed by atoms with Crippen LogP contribution in [0.3, 0.4) is 0 Å². The molecule has 1 aromatic heterocycles. The van der Waals surface area contributed by atoms with Gasteiger partial charge in [-0.05, 0) is 30.3 Å². The van der Waals surface area contributed by atoms with Crippen molar-refractivity contribution in [3.8, 4) is 11.6 Å². The highest BCUT2D eigenvalue weighted by atomic mass is 79.9. The Morgan fingerprint density at radius 1 is 1.00 bits per heavy atom. The predicted molar refractivity (Wildman–Crippen MR) is 107 cm³/mol. The molecule has 0 spiro atoms. The molecule has 0 aliphatic rings. The van der Waals surface area contributed by atoms with E-state index in [1.54, 1.807) is 24.3 Å². The van der Waals surface area contributed by atoms with Crippen LogP contribution in [0.15, 0.2) is 59.3 Å². The van der Waals surface area contributed by atoms with Gasteiger partial charge in [0, 0.05) is 10.5 Å². The smallest absolute Gasteiger partial charge is 0.374 e. The van der Waals surface area contributed by atoms with Gasteiger partial charge in [0.2, 0.25) is 5.82 Å². The van der Waals surface area contributed by atoms with Crippen LogP contribution in [0.4, 0.5) is 17.2 Å². The lowest BCUT2D eigenvalue weighted by Crippen LogP contribution is -2.30. The van der Waals surface area contributed by atoms with Gasteiger partial charge in [-0.2, -0.15) is 4.98 Å². The summed E-state index contributed by atoms with van der Waals surface area (Å²) in [4.78, 5) is 40.9. The molecule has 12 nitrogen and oxygen atoms in total. The van der Waals surface area contributed by atoms with Gasteiger partial charge >= 0.3 is 11.6 Å². The van der Waals surface area contributed by atoms with Crippen LogP contribution in [-0.2, 0) is 0 Å². The van der Waals surface area contributed by atoms with E-state index in [-0.39, 0.29) is 23.0 Å². The van der Waals surface area contributed by atoms with Gasteiger partial charge in [0.25, 0.3) is 11.6 Å². The third-order valence-electron chi connectivity index (χ3n) is 3.64. The zero-order valence-corrected chi connectivity index (χ0v) is 16.4. The molecule has 0 saturated carbocycles. The first-order valence-corrected chi connectivity index (χ1v) is 8.88. The zero-order valence-electron chi connectivity index (χ0n) is 14.8. The number of amides is 1. The first-order chi connectivity index (χ1) is 14.4. The SMILES string of the molecule is O=C(NNc1ncnc(Oc2ccc(Br)cc2)c1[N+](=O)[O-])c1ccccc1[N+](=O)[O-]. The van der Waals surface area contributed by atoms with E-state index < -0.39 is 27.1 Å². The van der Waals surface area contributed by atoms with Gasteiger partial charge in [-0.1, -0.05) is 28.1 Å². The summed E-state index contributed by atoms with van der Waals surface area (Å²) in [5, 5.41) is 22.6. The predicted octanol–water partition coefficient (Wildman–Crippen LogP) is 3.60. The molecule has 0 radical (unpaired) electrons.